The van der Waals surface area contributed by atoms with E-state index in [0.717, 1.165) is 16.3 Å². The van der Waals surface area contributed by atoms with Crippen molar-refractivity contribution in [2.45, 2.75) is 6.36 Å². The number of pyridine rings is 1. The average molecular weight is 371 g/mol. The molecule has 6 nitrogen and oxygen atoms in total. The van der Waals surface area contributed by atoms with Gasteiger partial charge in [-0.2, -0.15) is 0 Å². The Balaban J connectivity index is 1.61. The number of nitrogens with zero attached hydrogens (tertiary/aromatic N) is 4. The van der Waals surface area contributed by atoms with Crippen LogP contribution in [0.1, 0.15) is 0 Å². The fraction of sp³-hybridized carbons (Fsp3) is 0.0556. The third-order valence-corrected chi connectivity index (χ3v) is 3.83. The Morgan fingerprint density at radius 1 is 0.926 bits per heavy atom. The van der Waals surface area contributed by atoms with E-state index in [1.807, 2.05) is 18.2 Å². The van der Waals surface area contributed by atoms with Gasteiger partial charge in [-0.15, -0.1) is 18.3 Å². The van der Waals surface area contributed by atoms with Crippen LogP contribution >= 0.6 is 0 Å². The molecule has 0 bridgehead atoms. The highest BCUT2D eigenvalue weighted by atomic mass is 19.4. The van der Waals surface area contributed by atoms with Gasteiger partial charge in [0.2, 0.25) is 0 Å². The zero-order valence-corrected chi connectivity index (χ0v) is 13.7. The number of alkyl halides is 3. The topological polar surface area (TPSA) is 78.8 Å². The van der Waals surface area contributed by atoms with Gasteiger partial charge in [-0.25, -0.2) is 14.6 Å². The predicted octanol–water partition coefficient (Wildman–Crippen LogP) is 3.96. The highest BCUT2D eigenvalue weighted by Gasteiger charge is 2.30. The van der Waals surface area contributed by atoms with Crippen LogP contribution in [0.4, 0.5) is 19.0 Å². The molecule has 0 aliphatic rings. The first-order valence-corrected chi connectivity index (χ1v) is 7.81. The summed E-state index contributed by atoms with van der Waals surface area (Å²) in [4.78, 5) is 8.33. The Bertz CT molecular complexity index is 1110. The summed E-state index contributed by atoms with van der Waals surface area (Å²) < 4.78 is 42.0. The van der Waals surface area contributed by atoms with Gasteiger partial charge in [-0.1, -0.05) is 12.1 Å². The molecule has 4 aromatic rings. The van der Waals surface area contributed by atoms with E-state index in [4.69, 9.17) is 5.73 Å². The fourth-order valence-electron chi connectivity index (χ4n) is 2.62. The van der Waals surface area contributed by atoms with Gasteiger partial charge in [0, 0.05) is 17.1 Å². The summed E-state index contributed by atoms with van der Waals surface area (Å²) in [5.41, 5.74) is 7.01. The third kappa shape index (κ3) is 3.66. The van der Waals surface area contributed by atoms with Gasteiger partial charge in [-0.3, -0.25) is 0 Å². The second-order valence-electron chi connectivity index (χ2n) is 5.73. The Labute approximate surface area is 151 Å². The summed E-state index contributed by atoms with van der Waals surface area (Å²) in [6.07, 6.45) is -1.57. The number of nitrogen functional groups attached to an aromatic ring is 1. The van der Waals surface area contributed by atoms with Crippen molar-refractivity contribution < 1.29 is 17.9 Å². The number of hydrogen-bond donors (Lipinski definition) is 1. The van der Waals surface area contributed by atoms with Gasteiger partial charge in [0.15, 0.2) is 5.82 Å². The van der Waals surface area contributed by atoms with Crippen molar-refractivity contribution in [3.05, 3.63) is 61.1 Å². The van der Waals surface area contributed by atoms with Gasteiger partial charge < -0.3 is 10.5 Å². The second kappa shape index (κ2) is 6.27. The number of aromatic nitrogens is 4. The van der Waals surface area contributed by atoms with E-state index in [-0.39, 0.29) is 5.75 Å². The molecule has 0 unspecified atom stereocenters. The van der Waals surface area contributed by atoms with Crippen LogP contribution in [0.25, 0.3) is 27.8 Å². The molecule has 0 amide bonds. The molecule has 4 rings (SSSR count). The summed E-state index contributed by atoms with van der Waals surface area (Å²) in [6.45, 7) is 0. The van der Waals surface area contributed by atoms with E-state index in [1.54, 1.807) is 12.3 Å². The minimum atomic E-state index is -4.72. The lowest BCUT2D eigenvalue weighted by molar-refractivity contribution is -0.274. The van der Waals surface area contributed by atoms with Crippen LogP contribution in [0.3, 0.4) is 0 Å². The van der Waals surface area contributed by atoms with Gasteiger partial charge in [-0.05, 0) is 41.8 Å². The minimum absolute atomic E-state index is 0.298. The fourth-order valence-corrected chi connectivity index (χ4v) is 2.62. The molecule has 0 fully saturated rings. The molecule has 9 heteroatoms. The number of halogens is 3. The molecule has 2 N–H and O–H groups in total. The van der Waals surface area contributed by atoms with Crippen molar-refractivity contribution in [1.29, 1.82) is 0 Å². The Hall–Kier alpha value is -3.62. The Morgan fingerprint density at radius 3 is 2.44 bits per heavy atom. The van der Waals surface area contributed by atoms with E-state index in [1.165, 1.54) is 35.3 Å². The molecule has 0 aliphatic carbocycles. The SMILES string of the molecule is Nc1cc2ccc(-c3ncn(-c4ccc(OC(F)(F)F)cc4)n3)cc2cn1. The molecule has 0 spiro atoms. The molecule has 2 aromatic carbocycles. The number of hydrogen-bond acceptors (Lipinski definition) is 5. The molecule has 2 heterocycles. The van der Waals surface area contributed by atoms with Crippen LogP contribution in [-0.4, -0.2) is 26.1 Å². The lowest BCUT2D eigenvalue weighted by Crippen LogP contribution is -2.17. The molecule has 0 atom stereocenters. The van der Waals surface area contributed by atoms with Crippen molar-refractivity contribution in [3.63, 3.8) is 0 Å². The molecule has 0 saturated heterocycles. The lowest BCUT2D eigenvalue weighted by Gasteiger charge is -2.09. The monoisotopic (exact) mass is 371 g/mol. The quantitative estimate of drug-likeness (QED) is 0.590. The van der Waals surface area contributed by atoms with Crippen LogP contribution in [0.15, 0.2) is 61.1 Å². The van der Waals surface area contributed by atoms with Crippen molar-refractivity contribution in [2.24, 2.45) is 0 Å². The molecular formula is C18H12F3N5O. The highest BCUT2D eigenvalue weighted by molar-refractivity contribution is 5.87. The van der Waals surface area contributed by atoms with Crippen molar-refractivity contribution in [1.82, 2.24) is 19.7 Å². The lowest BCUT2D eigenvalue weighted by atomic mass is 10.1. The Kier molecular flexibility index (Phi) is 3.91. The van der Waals surface area contributed by atoms with Crippen LogP contribution in [0, 0.1) is 0 Å². The van der Waals surface area contributed by atoms with Crippen molar-refractivity contribution in [3.8, 4) is 22.8 Å². The summed E-state index contributed by atoms with van der Waals surface area (Å²) in [5.74, 6) is 0.618. The summed E-state index contributed by atoms with van der Waals surface area (Å²) in [5, 5.41) is 6.22. The van der Waals surface area contributed by atoms with Crippen LogP contribution in [-0.2, 0) is 0 Å². The summed E-state index contributed by atoms with van der Waals surface area (Å²) >= 11 is 0. The third-order valence-electron chi connectivity index (χ3n) is 3.83. The number of ether oxygens (including phenoxy) is 1. The second-order valence-corrected chi connectivity index (χ2v) is 5.73. The number of nitrogens with two attached hydrogens (primary N) is 1. The molecule has 2 aromatic heterocycles. The minimum Gasteiger partial charge on any atom is -0.406 e. The van der Waals surface area contributed by atoms with Crippen molar-refractivity contribution >= 4 is 16.6 Å². The molecule has 27 heavy (non-hydrogen) atoms. The molecule has 0 radical (unpaired) electrons. The van der Waals surface area contributed by atoms with E-state index in [9.17, 15) is 13.2 Å². The number of fused-ring (bicyclic) bond motifs is 1. The van der Waals surface area contributed by atoms with Crippen LogP contribution < -0.4 is 10.5 Å². The predicted molar refractivity (Wildman–Crippen MR) is 93.2 cm³/mol. The first-order chi connectivity index (χ1) is 12.9. The highest BCUT2D eigenvalue weighted by Crippen LogP contribution is 2.25. The van der Waals surface area contributed by atoms with Gasteiger partial charge in [0.25, 0.3) is 0 Å². The van der Waals surface area contributed by atoms with E-state index in [0.29, 0.717) is 17.3 Å². The maximum atomic E-state index is 12.2. The summed E-state index contributed by atoms with van der Waals surface area (Å²) in [6, 6.07) is 12.8. The first kappa shape index (κ1) is 16.8. The van der Waals surface area contributed by atoms with Crippen LogP contribution in [0.2, 0.25) is 0 Å². The zero-order chi connectivity index (χ0) is 19.0. The van der Waals surface area contributed by atoms with E-state index < -0.39 is 6.36 Å². The Morgan fingerprint density at radius 2 is 1.70 bits per heavy atom. The van der Waals surface area contributed by atoms with Gasteiger partial charge in [0.05, 0.1) is 5.69 Å². The zero-order valence-electron chi connectivity index (χ0n) is 13.7. The normalized spacial score (nSPS) is 11.7. The van der Waals surface area contributed by atoms with E-state index in [2.05, 4.69) is 19.8 Å². The smallest absolute Gasteiger partial charge is 0.406 e. The molecule has 136 valence electrons. The number of rotatable bonds is 3. The average Bonchev–Trinajstić information content (AvgIpc) is 3.10. The van der Waals surface area contributed by atoms with Crippen LogP contribution in [0.5, 0.6) is 5.75 Å². The van der Waals surface area contributed by atoms with Crippen molar-refractivity contribution in [2.75, 3.05) is 5.73 Å². The number of anilines is 1. The largest absolute Gasteiger partial charge is 0.573 e. The van der Waals surface area contributed by atoms with Gasteiger partial charge >= 0.3 is 6.36 Å². The molecular weight excluding hydrogens is 359 g/mol. The summed E-state index contributed by atoms with van der Waals surface area (Å²) in [7, 11) is 0. The maximum absolute atomic E-state index is 12.2. The maximum Gasteiger partial charge on any atom is 0.573 e. The van der Waals surface area contributed by atoms with Gasteiger partial charge in [0.1, 0.15) is 17.9 Å². The molecule has 0 aliphatic heterocycles. The molecule has 0 saturated carbocycles. The number of benzene rings is 2. The van der Waals surface area contributed by atoms with E-state index >= 15 is 0 Å². The standard InChI is InChI=1S/C18H12F3N5O/c19-18(20,21)27-15-5-3-14(4-6-15)26-10-24-17(25-26)12-2-1-11-8-16(22)23-9-13(11)7-12/h1-10H,(H2,22,23). The first-order valence-electron chi connectivity index (χ1n) is 7.81.